The molecule has 0 N–H and O–H groups in total. The number of rotatable bonds is 2. The molecule has 22 heavy (non-hydrogen) atoms. The number of carbonyl (C=O) groups is 1. The van der Waals surface area contributed by atoms with Crippen molar-refractivity contribution in [1.82, 2.24) is 4.90 Å². The second-order valence-corrected chi connectivity index (χ2v) is 6.59. The standard InChI is InChI=1S/C17H24FNO3/c1-17(2,3)22-16(20)19-11-4-5-14(10-12-19)21-15-8-6-13(18)7-9-15/h6-9,14H,4-5,10-12H2,1-3H3. The number of ether oxygens (including phenoxy) is 2. The van der Waals surface area contributed by atoms with Crippen LogP contribution in [0.25, 0.3) is 0 Å². The topological polar surface area (TPSA) is 38.8 Å². The van der Waals surface area contributed by atoms with E-state index in [0.717, 1.165) is 19.3 Å². The molecule has 1 aliphatic rings. The molecule has 1 aliphatic heterocycles. The van der Waals surface area contributed by atoms with Crippen LogP contribution >= 0.6 is 0 Å². The summed E-state index contributed by atoms with van der Waals surface area (Å²) < 4.78 is 24.2. The maximum atomic E-state index is 12.9. The number of carbonyl (C=O) groups excluding carboxylic acids is 1. The molecule has 1 amide bonds. The van der Waals surface area contributed by atoms with E-state index >= 15 is 0 Å². The number of halogens is 1. The van der Waals surface area contributed by atoms with E-state index in [4.69, 9.17) is 9.47 Å². The highest BCUT2D eigenvalue weighted by Crippen LogP contribution is 2.20. The third-order valence-electron chi connectivity index (χ3n) is 3.44. The third kappa shape index (κ3) is 5.20. The molecular weight excluding hydrogens is 285 g/mol. The Bertz CT molecular complexity index is 496. The monoisotopic (exact) mass is 309 g/mol. The zero-order valence-electron chi connectivity index (χ0n) is 13.5. The summed E-state index contributed by atoms with van der Waals surface area (Å²) in [5.41, 5.74) is -0.479. The van der Waals surface area contributed by atoms with Crippen molar-refractivity contribution in [2.75, 3.05) is 13.1 Å². The summed E-state index contributed by atoms with van der Waals surface area (Å²) in [6.45, 7) is 6.88. The van der Waals surface area contributed by atoms with Crippen LogP contribution in [0.15, 0.2) is 24.3 Å². The second kappa shape index (κ2) is 6.99. The molecular formula is C17H24FNO3. The Kier molecular flexibility index (Phi) is 5.27. The van der Waals surface area contributed by atoms with Gasteiger partial charge < -0.3 is 14.4 Å². The van der Waals surface area contributed by atoms with Crippen LogP contribution in [0.2, 0.25) is 0 Å². The summed E-state index contributed by atoms with van der Waals surface area (Å²) in [7, 11) is 0. The van der Waals surface area contributed by atoms with Crippen LogP contribution in [0.5, 0.6) is 5.75 Å². The zero-order chi connectivity index (χ0) is 16.2. The van der Waals surface area contributed by atoms with E-state index in [-0.39, 0.29) is 18.0 Å². The largest absolute Gasteiger partial charge is 0.490 e. The van der Waals surface area contributed by atoms with Gasteiger partial charge in [0, 0.05) is 19.5 Å². The van der Waals surface area contributed by atoms with Crippen molar-refractivity contribution in [3.63, 3.8) is 0 Å². The van der Waals surface area contributed by atoms with E-state index in [1.54, 1.807) is 17.0 Å². The SMILES string of the molecule is CC(C)(C)OC(=O)N1CCCC(Oc2ccc(F)cc2)CC1. The number of likely N-dealkylation sites (tertiary alicyclic amines) is 1. The first kappa shape index (κ1) is 16.6. The fourth-order valence-corrected chi connectivity index (χ4v) is 2.40. The van der Waals surface area contributed by atoms with Crippen molar-refractivity contribution in [3.8, 4) is 5.75 Å². The van der Waals surface area contributed by atoms with Gasteiger partial charge in [-0.1, -0.05) is 0 Å². The lowest BCUT2D eigenvalue weighted by Gasteiger charge is -2.26. The van der Waals surface area contributed by atoms with Gasteiger partial charge in [0.1, 0.15) is 23.3 Å². The van der Waals surface area contributed by atoms with Crippen molar-refractivity contribution < 1.29 is 18.7 Å². The molecule has 1 aromatic carbocycles. The van der Waals surface area contributed by atoms with Gasteiger partial charge in [0.2, 0.25) is 0 Å². The van der Waals surface area contributed by atoms with Gasteiger partial charge in [-0.15, -0.1) is 0 Å². The maximum absolute atomic E-state index is 12.9. The lowest BCUT2D eigenvalue weighted by atomic mass is 10.1. The lowest BCUT2D eigenvalue weighted by molar-refractivity contribution is 0.0252. The number of hydrogen-bond acceptors (Lipinski definition) is 3. The third-order valence-corrected chi connectivity index (χ3v) is 3.44. The highest BCUT2D eigenvalue weighted by atomic mass is 19.1. The van der Waals surface area contributed by atoms with Crippen LogP contribution in [0.4, 0.5) is 9.18 Å². The Labute approximate surface area is 131 Å². The van der Waals surface area contributed by atoms with Gasteiger partial charge in [-0.2, -0.15) is 0 Å². The minimum absolute atomic E-state index is 0.0397. The van der Waals surface area contributed by atoms with Crippen LogP contribution in [-0.2, 0) is 4.74 Å². The van der Waals surface area contributed by atoms with Gasteiger partial charge in [-0.3, -0.25) is 0 Å². The van der Waals surface area contributed by atoms with Gasteiger partial charge in [0.25, 0.3) is 0 Å². The van der Waals surface area contributed by atoms with Crippen LogP contribution in [-0.4, -0.2) is 35.8 Å². The van der Waals surface area contributed by atoms with E-state index in [2.05, 4.69) is 0 Å². The minimum Gasteiger partial charge on any atom is -0.490 e. The zero-order valence-corrected chi connectivity index (χ0v) is 13.5. The van der Waals surface area contributed by atoms with E-state index < -0.39 is 5.60 Å². The first-order valence-electron chi connectivity index (χ1n) is 7.74. The first-order chi connectivity index (χ1) is 10.3. The Balaban J connectivity index is 1.87. The molecule has 0 radical (unpaired) electrons. The molecule has 1 aromatic rings. The number of benzene rings is 1. The van der Waals surface area contributed by atoms with E-state index in [0.29, 0.717) is 18.8 Å². The number of nitrogens with zero attached hydrogens (tertiary/aromatic N) is 1. The Morgan fingerprint density at radius 2 is 1.86 bits per heavy atom. The molecule has 2 rings (SSSR count). The van der Waals surface area contributed by atoms with Crippen molar-refractivity contribution in [2.45, 2.75) is 51.7 Å². The molecule has 1 atom stereocenters. The average molecular weight is 309 g/mol. The van der Waals surface area contributed by atoms with Crippen molar-refractivity contribution >= 4 is 6.09 Å². The second-order valence-electron chi connectivity index (χ2n) is 6.59. The van der Waals surface area contributed by atoms with Gasteiger partial charge in [-0.05, 0) is 57.9 Å². The van der Waals surface area contributed by atoms with Crippen LogP contribution in [0.3, 0.4) is 0 Å². The van der Waals surface area contributed by atoms with Crippen molar-refractivity contribution in [3.05, 3.63) is 30.1 Å². The van der Waals surface area contributed by atoms with Crippen molar-refractivity contribution in [1.29, 1.82) is 0 Å². The summed E-state index contributed by atoms with van der Waals surface area (Å²) in [5, 5.41) is 0. The molecule has 1 fully saturated rings. The molecule has 0 spiro atoms. The van der Waals surface area contributed by atoms with E-state index in [1.807, 2.05) is 20.8 Å². The molecule has 0 aliphatic carbocycles. The normalized spacial score (nSPS) is 19.5. The van der Waals surface area contributed by atoms with Gasteiger partial charge in [-0.25, -0.2) is 9.18 Å². The predicted molar refractivity (Wildman–Crippen MR) is 82.5 cm³/mol. The van der Waals surface area contributed by atoms with Gasteiger partial charge in [0.15, 0.2) is 0 Å². The molecule has 1 saturated heterocycles. The summed E-state index contributed by atoms with van der Waals surface area (Å²) in [6, 6.07) is 6.04. The van der Waals surface area contributed by atoms with Gasteiger partial charge in [0.05, 0.1) is 0 Å². The predicted octanol–water partition coefficient (Wildman–Crippen LogP) is 3.99. The first-order valence-corrected chi connectivity index (χ1v) is 7.74. The summed E-state index contributed by atoms with van der Waals surface area (Å²) in [6.07, 6.45) is 2.26. The summed E-state index contributed by atoms with van der Waals surface area (Å²) in [5.74, 6) is 0.390. The fraction of sp³-hybridized carbons (Fsp3) is 0.588. The molecule has 1 heterocycles. The van der Waals surface area contributed by atoms with Crippen LogP contribution in [0.1, 0.15) is 40.0 Å². The Morgan fingerprint density at radius 1 is 1.18 bits per heavy atom. The van der Waals surface area contributed by atoms with Crippen LogP contribution in [0, 0.1) is 5.82 Å². The molecule has 4 nitrogen and oxygen atoms in total. The lowest BCUT2D eigenvalue weighted by Crippen LogP contribution is -2.37. The molecule has 1 unspecified atom stereocenters. The van der Waals surface area contributed by atoms with E-state index in [9.17, 15) is 9.18 Å². The minimum atomic E-state index is -0.479. The molecule has 0 bridgehead atoms. The molecule has 5 heteroatoms. The Morgan fingerprint density at radius 3 is 2.50 bits per heavy atom. The maximum Gasteiger partial charge on any atom is 0.410 e. The smallest absolute Gasteiger partial charge is 0.410 e. The van der Waals surface area contributed by atoms with Gasteiger partial charge >= 0.3 is 6.09 Å². The molecule has 0 aromatic heterocycles. The van der Waals surface area contributed by atoms with Crippen molar-refractivity contribution in [2.24, 2.45) is 0 Å². The molecule has 0 saturated carbocycles. The van der Waals surface area contributed by atoms with E-state index in [1.165, 1.54) is 12.1 Å². The van der Waals surface area contributed by atoms with Crippen LogP contribution < -0.4 is 4.74 Å². The number of hydrogen-bond donors (Lipinski definition) is 0. The fourth-order valence-electron chi connectivity index (χ4n) is 2.40. The number of amides is 1. The quantitative estimate of drug-likeness (QED) is 0.829. The summed E-state index contributed by atoms with van der Waals surface area (Å²) in [4.78, 5) is 13.8. The Hall–Kier alpha value is -1.78. The average Bonchev–Trinajstić information content (AvgIpc) is 2.65. The highest BCUT2D eigenvalue weighted by molar-refractivity contribution is 5.68. The highest BCUT2D eigenvalue weighted by Gasteiger charge is 2.25. The summed E-state index contributed by atoms with van der Waals surface area (Å²) >= 11 is 0. The molecule has 122 valence electrons.